The van der Waals surface area contributed by atoms with Gasteiger partial charge in [0, 0.05) is 13.7 Å². The Kier molecular flexibility index (Phi) is 4.75. The van der Waals surface area contributed by atoms with Crippen LogP contribution in [-0.4, -0.2) is 44.2 Å². The highest BCUT2D eigenvalue weighted by Crippen LogP contribution is 2.46. The van der Waals surface area contributed by atoms with Crippen LogP contribution in [0.15, 0.2) is 0 Å². The normalized spacial score (nSPS) is 13.6. The largest absolute Gasteiger partial charge is 0.460 e. The monoisotopic (exact) mass is 271 g/mol. The summed E-state index contributed by atoms with van der Waals surface area (Å²) in [5.74, 6) is -15.0. The Morgan fingerprint density at radius 2 is 1.59 bits per heavy atom. The fraction of sp³-hybridized carbons (Fsp3) is 0.857. The Hall–Kier alpha value is -1.06. The van der Waals surface area contributed by atoms with E-state index in [-0.39, 0.29) is 6.61 Å². The van der Waals surface area contributed by atoms with E-state index in [9.17, 15) is 35.5 Å². The first kappa shape index (κ1) is 15.9. The van der Waals surface area contributed by atoms with Gasteiger partial charge in [0.25, 0.3) is 5.91 Å². The summed E-state index contributed by atoms with van der Waals surface area (Å²) in [6, 6.07) is 0. The third-order valence-corrected chi connectivity index (χ3v) is 1.63. The lowest BCUT2D eigenvalue weighted by atomic mass is 10.1. The highest BCUT2D eigenvalue weighted by molar-refractivity contribution is 5.84. The number of alkyl halides is 7. The zero-order valence-corrected chi connectivity index (χ0v) is 8.38. The molecule has 17 heavy (non-hydrogen) atoms. The number of amides is 1. The van der Waals surface area contributed by atoms with Crippen molar-refractivity contribution in [2.24, 2.45) is 0 Å². The third kappa shape index (κ3) is 3.20. The number of halogens is 7. The van der Waals surface area contributed by atoms with Crippen molar-refractivity contribution < 1.29 is 40.3 Å². The molecule has 0 atom stereocenters. The smallest absolute Gasteiger partial charge is 0.383 e. The van der Waals surface area contributed by atoms with Crippen LogP contribution < -0.4 is 5.32 Å². The molecule has 0 aromatic rings. The molecule has 0 unspecified atom stereocenters. The zero-order chi connectivity index (χ0) is 13.9. The Balaban J connectivity index is 4.82. The highest BCUT2D eigenvalue weighted by Gasteiger charge is 2.76. The molecular formula is C7H8F7NO2. The second-order valence-electron chi connectivity index (χ2n) is 2.90. The van der Waals surface area contributed by atoms with Crippen LogP contribution in [-0.2, 0) is 9.53 Å². The second-order valence-corrected chi connectivity index (χ2v) is 2.90. The molecule has 1 amide bonds. The molecule has 0 aliphatic carbocycles. The minimum absolute atomic E-state index is 0.306. The number of carbonyl (C=O) groups excluding carboxylic acids is 1. The van der Waals surface area contributed by atoms with Crippen molar-refractivity contribution in [2.45, 2.75) is 18.0 Å². The lowest BCUT2D eigenvalue weighted by Crippen LogP contribution is -2.59. The third-order valence-electron chi connectivity index (χ3n) is 1.63. The van der Waals surface area contributed by atoms with E-state index in [1.54, 1.807) is 0 Å². The van der Waals surface area contributed by atoms with Crippen LogP contribution in [0.5, 0.6) is 0 Å². The molecule has 0 fully saturated rings. The molecule has 0 aromatic carbocycles. The summed E-state index contributed by atoms with van der Waals surface area (Å²) >= 11 is 0. The van der Waals surface area contributed by atoms with Gasteiger partial charge in [0.05, 0.1) is 6.61 Å². The number of rotatable bonds is 5. The van der Waals surface area contributed by atoms with Crippen molar-refractivity contribution in [1.82, 2.24) is 5.32 Å². The van der Waals surface area contributed by atoms with Crippen LogP contribution >= 0.6 is 0 Å². The Labute approximate surface area is 90.9 Å². The number of hydrogen-bond acceptors (Lipinski definition) is 2. The maximum atomic E-state index is 12.6. The van der Waals surface area contributed by atoms with Gasteiger partial charge in [0.15, 0.2) is 0 Å². The van der Waals surface area contributed by atoms with E-state index in [4.69, 9.17) is 0 Å². The van der Waals surface area contributed by atoms with Gasteiger partial charge in [-0.3, -0.25) is 4.79 Å². The number of carbonyl (C=O) groups is 1. The van der Waals surface area contributed by atoms with Crippen molar-refractivity contribution in [3.05, 3.63) is 0 Å². The molecule has 0 saturated carbocycles. The maximum Gasteiger partial charge on any atom is 0.460 e. The predicted octanol–water partition coefficient (Wildman–Crippen LogP) is 1.58. The fourth-order valence-corrected chi connectivity index (χ4v) is 0.698. The molecule has 102 valence electrons. The first-order chi connectivity index (χ1) is 7.48. The molecule has 0 bridgehead atoms. The lowest BCUT2D eigenvalue weighted by Gasteiger charge is -2.26. The number of hydrogen-bond donors (Lipinski definition) is 1. The molecule has 0 saturated heterocycles. The van der Waals surface area contributed by atoms with E-state index in [2.05, 4.69) is 4.74 Å². The molecule has 3 nitrogen and oxygen atoms in total. The summed E-state index contributed by atoms with van der Waals surface area (Å²) in [7, 11) is 1.12. The van der Waals surface area contributed by atoms with Crippen molar-refractivity contribution in [3.63, 3.8) is 0 Å². The molecule has 0 aromatic heterocycles. The van der Waals surface area contributed by atoms with Gasteiger partial charge >= 0.3 is 18.0 Å². The van der Waals surface area contributed by atoms with E-state index >= 15 is 0 Å². The average Bonchev–Trinajstić information content (AvgIpc) is 2.15. The summed E-state index contributed by atoms with van der Waals surface area (Å²) in [5, 5.41) is 1.21. The van der Waals surface area contributed by atoms with Crippen LogP contribution in [0.1, 0.15) is 0 Å². The van der Waals surface area contributed by atoms with Gasteiger partial charge in [-0.25, -0.2) is 0 Å². The Morgan fingerprint density at radius 1 is 1.12 bits per heavy atom. The summed E-state index contributed by atoms with van der Waals surface area (Å²) in [5.41, 5.74) is 0. The number of ether oxygens (including phenoxy) is 1. The standard InChI is InChI=1S/C7H8F7NO2/c1-17-3-2-15-4(16)5(8,9)6(10,11)7(12,13)14/h2-3H2,1H3,(H,15,16). The second kappa shape index (κ2) is 5.07. The van der Waals surface area contributed by atoms with Gasteiger partial charge in [-0.2, -0.15) is 30.7 Å². The fourth-order valence-electron chi connectivity index (χ4n) is 0.698. The topological polar surface area (TPSA) is 38.3 Å². The molecule has 0 radical (unpaired) electrons. The van der Waals surface area contributed by atoms with E-state index < -0.39 is 30.5 Å². The van der Waals surface area contributed by atoms with Gasteiger partial charge in [-0.05, 0) is 0 Å². The number of nitrogens with one attached hydrogen (secondary N) is 1. The minimum Gasteiger partial charge on any atom is -0.383 e. The van der Waals surface area contributed by atoms with Gasteiger partial charge in [-0.1, -0.05) is 0 Å². The summed E-state index contributed by atoms with van der Waals surface area (Å²) in [6.45, 7) is -0.918. The zero-order valence-electron chi connectivity index (χ0n) is 8.38. The Morgan fingerprint density at radius 3 is 1.94 bits per heavy atom. The van der Waals surface area contributed by atoms with Crippen LogP contribution in [0.25, 0.3) is 0 Å². The van der Waals surface area contributed by atoms with Crippen LogP contribution in [0.2, 0.25) is 0 Å². The number of methoxy groups -OCH3 is 1. The van der Waals surface area contributed by atoms with E-state index in [0.717, 1.165) is 7.11 Å². The molecule has 0 heterocycles. The average molecular weight is 271 g/mol. The molecule has 10 heteroatoms. The van der Waals surface area contributed by atoms with E-state index in [1.807, 2.05) is 0 Å². The van der Waals surface area contributed by atoms with Crippen molar-refractivity contribution in [1.29, 1.82) is 0 Å². The van der Waals surface area contributed by atoms with Crippen molar-refractivity contribution in [3.8, 4) is 0 Å². The van der Waals surface area contributed by atoms with E-state index in [0.29, 0.717) is 0 Å². The summed E-state index contributed by atoms with van der Waals surface area (Å²) in [4.78, 5) is 10.5. The van der Waals surface area contributed by atoms with Crippen molar-refractivity contribution in [2.75, 3.05) is 20.3 Å². The summed E-state index contributed by atoms with van der Waals surface area (Å²) < 4.78 is 89.0. The molecule has 0 spiro atoms. The SMILES string of the molecule is COCCNC(=O)C(F)(F)C(F)(F)C(F)(F)F. The van der Waals surface area contributed by atoms with Gasteiger partial charge in [0.2, 0.25) is 0 Å². The van der Waals surface area contributed by atoms with Crippen LogP contribution in [0.4, 0.5) is 30.7 Å². The van der Waals surface area contributed by atoms with Crippen molar-refractivity contribution >= 4 is 5.91 Å². The quantitative estimate of drug-likeness (QED) is 0.609. The van der Waals surface area contributed by atoms with Crippen LogP contribution in [0, 0.1) is 0 Å². The maximum absolute atomic E-state index is 12.6. The molecule has 0 aliphatic heterocycles. The molecule has 0 aliphatic rings. The molecule has 1 N–H and O–H groups in total. The predicted molar refractivity (Wildman–Crippen MR) is 40.8 cm³/mol. The lowest BCUT2D eigenvalue weighted by molar-refractivity contribution is -0.344. The van der Waals surface area contributed by atoms with Gasteiger partial charge in [-0.15, -0.1) is 0 Å². The highest BCUT2D eigenvalue weighted by atomic mass is 19.4. The molecular weight excluding hydrogens is 263 g/mol. The van der Waals surface area contributed by atoms with Gasteiger partial charge < -0.3 is 10.1 Å². The van der Waals surface area contributed by atoms with Gasteiger partial charge in [0.1, 0.15) is 0 Å². The first-order valence-corrected chi connectivity index (χ1v) is 4.08. The minimum atomic E-state index is -6.52. The van der Waals surface area contributed by atoms with Crippen LogP contribution in [0.3, 0.4) is 0 Å². The Bertz CT molecular complexity index is 276. The summed E-state index contributed by atoms with van der Waals surface area (Å²) in [6.07, 6.45) is -6.52. The van der Waals surface area contributed by atoms with E-state index in [1.165, 1.54) is 5.32 Å². The molecule has 0 rings (SSSR count). The first-order valence-electron chi connectivity index (χ1n) is 4.08.